The second-order valence-electron chi connectivity index (χ2n) is 3.92. The summed E-state index contributed by atoms with van der Waals surface area (Å²) in [5, 5.41) is 11.7. The van der Waals surface area contributed by atoms with Gasteiger partial charge in [0.2, 0.25) is 0 Å². The molecule has 0 saturated heterocycles. The summed E-state index contributed by atoms with van der Waals surface area (Å²) in [6, 6.07) is 3.09. The largest absolute Gasteiger partial charge is 0.336 e. The Morgan fingerprint density at radius 1 is 1.44 bits per heavy atom. The molecule has 18 heavy (non-hydrogen) atoms. The van der Waals surface area contributed by atoms with E-state index in [0.717, 1.165) is 5.56 Å². The van der Waals surface area contributed by atoms with Gasteiger partial charge >= 0.3 is 0 Å². The van der Waals surface area contributed by atoms with E-state index < -0.39 is 0 Å². The van der Waals surface area contributed by atoms with Crippen LogP contribution in [0.15, 0.2) is 24.5 Å². The maximum absolute atomic E-state index is 12.0. The van der Waals surface area contributed by atoms with E-state index in [2.05, 4.69) is 15.3 Å². The Bertz CT molecular complexity index is 551. The SMILES string of the molecule is CN(Cc1cnn(C)c1)C(=O)c1ccc(Cl)nn1. The van der Waals surface area contributed by atoms with Crippen molar-refractivity contribution in [2.75, 3.05) is 7.05 Å². The van der Waals surface area contributed by atoms with Gasteiger partial charge < -0.3 is 4.90 Å². The first-order valence-corrected chi connectivity index (χ1v) is 5.66. The number of rotatable bonds is 3. The van der Waals surface area contributed by atoms with Crippen molar-refractivity contribution < 1.29 is 4.79 Å². The van der Waals surface area contributed by atoms with Crippen molar-refractivity contribution in [2.24, 2.45) is 7.05 Å². The van der Waals surface area contributed by atoms with Crippen molar-refractivity contribution in [3.63, 3.8) is 0 Å². The van der Waals surface area contributed by atoms with Crippen LogP contribution in [0.1, 0.15) is 16.1 Å². The van der Waals surface area contributed by atoms with Crippen molar-refractivity contribution in [3.05, 3.63) is 40.9 Å². The number of carbonyl (C=O) groups is 1. The summed E-state index contributed by atoms with van der Waals surface area (Å²) >= 11 is 5.62. The van der Waals surface area contributed by atoms with Crippen LogP contribution in [0.4, 0.5) is 0 Å². The highest BCUT2D eigenvalue weighted by atomic mass is 35.5. The molecule has 0 aromatic carbocycles. The highest BCUT2D eigenvalue weighted by molar-refractivity contribution is 6.29. The number of hydrogen-bond donors (Lipinski definition) is 0. The van der Waals surface area contributed by atoms with Gasteiger partial charge in [-0.3, -0.25) is 9.48 Å². The van der Waals surface area contributed by atoms with Gasteiger partial charge in [0.15, 0.2) is 10.8 Å². The van der Waals surface area contributed by atoms with E-state index in [1.807, 2.05) is 13.2 Å². The minimum absolute atomic E-state index is 0.206. The third kappa shape index (κ3) is 2.84. The highest BCUT2D eigenvalue weighted by Gasteiger charge is 2.14. The lowest BCUT2D eigenvalue weighted by Crippen LogP contribution is -2.27. The van der Waals surface area contributed by atoms with Crippen LogP contribution in [0.5, 0.6) is 0 Å². The molecule has 0 bridgehead atoms. The Labute approximate surface area is 109 Å². The number of carbonyl (C=O) groups excluding carboxylic acids is 1. The Morgan fingerprint density at radius 3 is 2.78 bits per heavy atom. The van der Waals surface area contributed by atoms with Gasteiger partial charge in [0.1, 0.15) is 0 Å². The first-order valence-electron chi connectivity index (χ1n) is 5.28. The van der Waals surface area contributed by atoms with Crippen LogP contribution < -0.4 is 0 Å². The molecular formula is C11H12ClN5O. The van der Waals surface area contributed by atoms with Crippen LogP contribution in [-0.4, -0.2) is 37.8 Å². The molecule has 0 spiro atoms. The quantitative estimate of drug-likeness (QED) is 0.835. The zero-order chi connectivity index (χ0) is 13.1. The molecule has 0 saturated carbocycles. The molecule has 1 amide bonds. The lowest BCUT2D eigenvalue weighted by atomic mass is 10.3. The Balaban J connectivity index is 2.07. The second kappa shape index (κ2) is 5.14. The summed E-state index contributed by atoms with van der Waals surface area (Å²) in [7, 11) is 3.53. The first-order chi connectivity index (χ1) is 8.56. The fourth-order valence-electron chi connectivity index (χ4n) is 1.52. The summed E-state index contributed by atoms with van der Waals surface area (Å²) in [4.78, 5) is 13.6. The van der Waals surface area contributed by atoms with Crippen molar-refractivity contribution in [1.82, 2.24) is 24.9 Å². The number of aryl methyl sites for hydroxylation is 1. The molecule has 0 aliphatic carbocycles. The maximum Gasteiger partial charge on any atom is 0.274 e. The van der Waals surface area contributed by atoms with Crippen LogP contribution in [0, 0.1) is 0 Å². The smallest absolute Gasteiger partial charge is 0.274 e. The van der Waals surface area contributed by atoms with Gasteiger partial charge in [-0.1, -0.05) is 11.6 Å². The Kier molecular flexibility index (Phi) is 3.57. The number of halogens is 1. The molecule has 94 valence electrons. The van der Waals surface area contributed by atoms with E-state index >= 15 is 0 Å². The van der Waals surface area contributed by atoms with Gasteiger partial charge in [-0.2, -0.15) is 5.10 Å². The van der Waals surface area contributed by atoms with Gasteiger partial charge in [0, 0.05) is 32.4 Å². The summed E-state index contributed by atoms with van der Waals surface area (Å²) in [6.07, 6.45) is 3.58. The Morgan fingerprint density at radius 2 is 2.22 bits per heavy atom. The van der Waals surface area contributed by atoms with Crippen molar-refractivity contribution >= 4 is 17.5 Å². The van der Waals surface area contributed by atoms with E-state index in [4.69, 9.17) is 11.6 Å². The molecule has 2 rings (SSSR count). The molecule has 7 heteroatoms. The average molecular weight is 266 g/mol. The predicted molar refractivity (Wildman–Crippen MR) is 66.0 cm³/mol. The van der Waals surface area contributed by atoms with Crippen molar-refractivity contribution in [2.45, 2.75) is 6.54 Å². The van der Waals surface area contributed by atoms with Gasteiger partial charge in [0.25, 0.3) is 5.91 Å². The molecule has 0 N–H and O–H groups in total. The standard InChI is InChI=1S/C11H12ClN5O/c1-16(6-8-5-13-17(2)7-8)11(18)9-3-4-10(12)15-14-9/h3-5,7H,6H2,1-2H3. The molecule has 0 aliphatic heterocycles. The summed E-state index contributed by atoms with van der Waals surface area (Å²) in [6.45, 7) is 0.469. The maximum atomic E-state index is 12.0. The summed E-state index contributed by atoms with van der Waals surface area (Å²) < 4.78 is 1.69. The minimum atomic E-state index is -0.206. The fraction of sp³-hybridized carbons (Fsp3) is 0.273. The second-order valence-corrected chi connectivity index (χ2v) is 4.31. The average Bonchev–Trinajstić information content (AvgIpc) is 2.75. The summed E-state index contributed by atoms with van der Waals surface area (Å²) in [5.74, 6) is -0.206. The first kappa shape index (κ1) is 12.5. The van der Waals surface area contributed by atoms with E-state index in [0.29, 0.717) is 6.54 Å². The normalized spacial score (nSPS) is 10.4. The zero-order valence-corrected chi connectivity index (χ0v) is 10.8. The molecule has 0 unspecified atom stereocenters. The van der Waals surface area contributed by atoms with Gasteiger partial charge in [0.05, 0.1) is 6.20 Å². The predicted octanol–water partition coefficient (Wildman–Crippen LogP) is 1.14. The monoisotopic (exact) mass is 265 g/mol. The molecule has 0 radical (unpaired) electrons. The third-order valence-corrected chi connectivity index (χ3v) is 2.58. The van der Waals surface area contributed by atoms with E-state index in [1.54, 1.807) is 35.0 Å². The topological polar surface area (TPSA) is 63.9 Å². The number of nitrogens with zero attached hydrogens (tertiary/aromatic N) is 5. The van der Waals surface area contributed by atoms with Crippen LogP contribution in [0.2, 0.25) is 5.15 Å². The molecule has 0 atom stereocenters. The van der Waals surface area contributed by atoms with E-state index in [-0.39, 0.29) is 16.8 Å². The molecule has 2 heterocycles. The molecule has 0 fully saturated rings. The van der Waals surface area contributed by atoms with Crippen LogP contribution in [0.25, 0.3) is 0 Å². The number of hydrogen-bond acceptors (Lipinski definition) is 4. The molecule has 6 nitrogen and oxygen atoms in total. The van der Waals surface area contributed by atoms with Gasteiger partial charge in [-0.15, -0.1) is 10.2 Å². The molecule has 2 aromatic rings. The van der Waals surface area contributed by atoms with E-state index in [1.165, 1.54) is 0 Å². The fourth-order valence-corrected chi connectivity index (χ4v) is 1.63. The van der Waals surface area contributed by atoms with Crippen LogP contribution in [-0.2, 0) is 13.6 Å². The Hall–Kier alpha value is -1.95. The number of aromatic nitrogens is 4. The number of amides is 1. The zero-order valence-electron chi connectivity index (χ0n) is 10.0. The van der Waals surface area contributed by atoms with E-state index in [9.17, 15) is 4.79 Å². The molecular weight excluding hydrogens is 254 g/mol. The van der Waals surface area contributed by atoms with Gasteiger partial charge in [-0.05, 0) is 12.1 Å². The minimum Gasteiger partial charge on any atom is -0.336 e. The third-order valence-electron chi connectivity index (χ3n) is 2.38. The molecule has 2 aromatic heterocycles. The van der Waals surface area contributed by atoms with Crippen molar-refractivity contribution in [3.8, 4) is 0 Å². The van der Waals surface area contributed by atoms with Crippen LogP contribution in [0.3, 0.4) is 0 Å². The lowest BCUT2D eigenvalue weighted by molar-refractivity contribution is 0.0778. The molecule has 0 aliphatic rings. The summed E-state index contributed by atoms with van der Waals surface area (Å²) in [5.41, 5.74) is 1.22. The van der Waals surface area contributed by atoms with Gasteiger partial charge in [-0.25, -0.2) is 0 Å². The lowest BCUT2D eigenvalue weighted by Gasteiger charge is -2.15. The van der Waals surface area contributed by atoms with Crippen molar-refractivity contribution in [1.29, 1.82) is 0 Å². The van der Waals surface area contributed by atoms with Crippen LogP contribution >= 0.6 is 11.6 Å². The highest BCUT2D eigenvalue weighted by Crippen LogP contribution is 2.07.